The molecule has 0 saturated carbocycles. The van der Waals surface area contributed by atoms with E-state index in [-0.39, 0.29) is 18.5 Å². The first-order valence-corrected chi connectivity index (χ1v) is 8.84. The summed E-state index contributed by atoms with van der Waals surface area (Å²) < 4.78 is 5.70. The van der Waals surface area contributed by atoms with Crippen LogP contribution in [0, 0.1) is 5.92 Å². The minimum atomic E-state index is -0.840. The second kappa shape index (κ2) is 8.85. The fourth-order valence-electron chi connectivity index (χ4n) is 3.11. The maximum Gasteiger partial charge on any atom is 0.308 e. The van der Waals surface area contributed by atoms with Crippen LogP contribution >= 0.6 is 0 Å². The van der Waals surface area contributed by atoms with Gasteiger partial charge in [0.15, 0.2) is 0 Å². The molecule has 2 atom stereocenters. The molecule has 138 valence electrons. The number of para-hydroxylation sites is 1. The molecule has 1 aliphatic rings. The van der Waals surface area contributed by atoms with E-state index in [4.69, 9.17) is 4.74 Å². The molecule has 1 saturated heterocycles. The number of amides is 1. The zero-order valence-electron chi connectivity index (χ0n) is 15.3. The molecule has 1 N–H and O–H groups in total. The van der Waals surface area contributed by atoms with Crippen molar-refractivity contribution >= 4 is 11.9 Å². The van der Waals surface area contributed by atoms with Gasteiger partial charge in [-0.05, 0) is 45.5 Å². The monoisotopic (exact) mass is 348 g/mol. The lowest BCUT2D eigenvalue weighted by molar-refractivity contribution is -0.142. The highest BCUT2D eigenvalue weighted by molar-refractivity contribution is 5.97. The molecule has 1 aromatic carbocycles. The molecule has 6 nitrogen and oxygen atoms in total. The third-order valence-corrected chi connectivity index (χ3v) is 4.67. The van der Waals surface area contributed by atoms with Gasteiger partial charge in [-0.25, -0.2) is 0 Å². The Hall–Kier alpha value is -2.08. The van der Waals surface area contributed by atoms with Crippen molar-refractivity contribution < 1.29 is 19.4 Å². The van der Waals surface area contributed by atoms with Crippen molar-refractivity contribution in [3.05, 3.63) is 29.8 Å². The third kappa shape index (κ3) is 4.95. The van der Waals surface area contributed by atoms with E-state index in [2.05, 4.69) is 4.90 Å². The molecular formula is C19H28N2O4. The first-order chi connectivity index (χ1) is 11.9. The molecule has 0 aliphatic carbocycles. The molecular weight excluding hydrogens is 320 g/mol. The summed E-state index contributed by atoms with van der Waals surface area (Å²) in [6, 6.07) is 7.34. The Morgan fingerprint density at radius 3 is 2.60 bits per heavy atom. The molecule has 1 aromatic rings. The average molecular weight is 348 g/mol. The highest BCUT2D eigenvalue weighted by atomic mass is 16.5. The van der Waals surface area contributed by atoms with E-state index >= 15 is 0 Å². The highest BCUT2D eigenvalue weighted by Gasteiger charge is 2.32. The van der Waals surface area contributed by atoms with Crippen molar-refractivity contribution in [2.24, 2.45) is 5.92 Å². The minimum Gasteiger partial charge on any atom is -0.493 e. The fraction of sp³-hybridized carbons (Fsp3) is 0.579. The predicted octanol–water partition coefficient (Wildman–Crippen LogP) is 2.34. The van der Waals surface area contributed by atoms with Crippen LogP contribution in [-0.4, -0.2) is 66.6 Å². The second-order valence-corrected chi connectivity index (χ2v) is 6.78. The lowest BCUT2D eigenvalue weighted by atomic mass is 10.0. The van der Waals surface area contributed by atoms with E-state index in [0.29, 0.717) is 30.9 Å². The summed E-state index contributed by atoms with van der Waals surface area (Å²) in [5.74, 6) is -0.969. The lowest BCUT2D eigenvalue weighted by Crippen LogP contribution is -2.43. The number of likely N-dealkylation sites (N-methyl/N-ethyl adjacent to an activating group) is 1. The van der Waals surface area contributed by atoms with Crippen LogP contribution in [0.2, 0.25) is 0 Å². The van der Waals surface area contributed by atoms with Gasteiger partial charge in [0.05, 0.1) is 18.1 Å². The summed E-state index contributed by atoms with van der Waals surface area (Å²) in [5.41, 5.74) is 0.500. The van der Waals surface area contributed by atoms with Crippen LogP contribution in [0.3, 0.4) is 0 Å². The van der Waals surface area contributed by atoms with Gasteiger partial charge in [0.2, 0.25) is 0 Å². The molecule has 2 rings (SSSR count). The lowest BCUT2D eigenvalue weighted by Gasteiger charge is -2.29. The molecule has 0 radical (unpaired) electrons. The largest absolute Gasteiger partial charge is 0.493 e. The van der Waals surface area contributed by atoms with Crippen LogP contribution < -0.4 is 4.74 Å². The molecule has 1 heterocycles. The minimum absolute atomic E-state index is 0.150. The number of hydrogen-bond acceptors (Lipinski definition) is 4. The topological polar surface area (TPSA) is 70.1 Å². The smallest absolute Gasteiger partial charge is 0.308 e. The van der Waals surface area contributed by atoms with Gasteiger partial charge in [-0.15, -0.1) is 0 Å². The van der Waals surface area contributed by atoms with E-state index in [0.717, 1.165) is 12.8 Å². The number of ether oxygens (including phenoxy) is 1. The Kier molecular flexibility index (Phi) is 6.82. The molecule has 1 fully saturated rings. The second-order valence-electron chi connectivity index (χ2n) is 6.78. The number of aliphatic carboxylic acids is 1. The number of carbonyl (C=O) groups is 2. The normalized spacial score (nSPS) is 21.0. The zero-order valence-corrected chi connectivity index (χ0v) is 15.3. The predicted molar refractivity (Wildman–Crippen MR) is 96.0 cm³/mol. The molecule has 25 heavy (non-hydrogen) atoms. The Morgan fingerprint density at radius 1 is 1.24 bits per heavy atom. The SMILES string of the molecule is CCCOc1ccccc1C(=O)N1C[C@@H](C(=O)O)CC[C@@H](N(C)C)C1. The van der Waals surface area contributed by atoms with Crippen molar-refractivity contribution in [3.63, 3.8) is 0 Å². The van der Waals surface area contributed by atoms with E-state index in [1.165, 1.54) is 0 Å². The Balaban J connectivity index is 2.26. The van der Waals surface area contributed by atoms with Crippen molar-refractivity contribution in [2.45, 2.75) is 32.2 Å². The third-order valence-electron chi connectivity index (χ3n) is 4.67. The quantitative estimate of drug-likeness (QED) is 0.854. The number of carbonyl (C=O) groups excluding carboxylic acids is 1. The molecule has 1 aliphatic heterocycles. The Bertz CT molecular complexity index is 603. The van der Waals surface area contributed by atoms with E-state index < -0.39 is 11.9 Å². The van der Waals surface area contributed by atoms with Gasteiger partial charge in [-0.2, -0.15) is 0 Å². The van der Waals surface area contributed by atoms with Gasteiger partial charge < -0.3 is 19.6 Å². The average Bonchev–Trinajstić information content (AvgIpc) is 2.83. The summed E-state index contributed by atoms with van der Waals surface area (Å²) >= 11 is 0. The summed E-state index contributed by atoms with van der Waals surface area (Å²) in [6.07, 6.45) is 2.20. The van der Waals surface area contributed by atoms with Crippen LogP contribution in [-0.2, 0) is 4.79 Å². The molecule has 6 heteroatoms. The maximum absolute atomic E-state index is 13.1. The molecule has 0 bridgehead atoms. The number of likely N-dealkylation sites (tertiary alicyclic amines) is 1. The summed E-state index contributed by atoms with van der Waals surface area (Å²) in [5, 5.41) is 9.45. The number of carboxylic acid groups (broad SMARTS) is 1. The summed E-state index contributed by atoms with van der Waals surface area (Å²) in [7, 11) is 3.93. The maximum atomic E-state index is 13.1. The molecule has 0 spiro atoms. The highest BCUT2D eigenvalue weighted by Crippen LogP contribution is 2.25. The molecule has 0 aromatic heterocycles. The van der Waals surface area contributed by atoms with Gasteiger partial charge in [-0.3, -0.25) is 9.59 Å². The van der Waals surface area contributed by atoms with Gasteiger partial charge in [0.1, 0.15) is 5.75 Å². The Labute approximate surface area is 149 Å². The number of hydrogen-bond donors (Lipinski definition) is 1. The summed E-state index contributed by atoms with van der Waals surface area (Å²) in [4.78, 5) is 28.4. The number of rotatable bonds is 6. The van der Waals surface area contributed by atoms with Crippen LogP contribution in [0.4, 0.5) is 0 Å². The van der Waals surface area contributed by atoms with Gasteiger partial charge in [0, 0.05) is 19.1 Å². The standard InChI is InChI=1S/C19H28N2O4/c1-4-11-25-17-8-6-5-7-16(17)18(22)21-12-14(19(23)24)9-10-15(13-21)20(2)3/h5-8,14-15H,4,9-13H2,1-3H3,(H,23,24)/t14-,15+/m0/s1. The van der Waals surface area contributed by atoms with Crippen LogP contribution in [0.1, 0.15) is 36.5 Å². The first-order valence-electron chi connectivity index (χ1n) is 8.84. The van der Waals surface area contributed by atoms with Crippen LogP contribution in [0.25, 0.3) is 0 Å². The van der Waals surface area contributed by atoms with Crippen molar-refractivity contribution in [1.82, 2.24) is 9.80 Å². The van der Waals surface area contributed by atoms with Gasteiger partial charge in [-0.1, -0.05) is 19.1 Å². The number of benzene rings is 1. The zero-order chi connectivity index (χ0) is 18.4. The van der Waals surface area contributed by atoms with Crippen LogP contribution in [0.5, 0.6) is 5.75 Å². The summed E-state index contributed by atoms with van der Waals surface area (Å²) in [6.45, 7) is 3.32. The number of carboxylic acids is 1. The van der Waals surface area contributed by atoms with E-state index in [1.54, 1.807) is 17.0 Å². The van der Waals surface area contributed by atoms with E-state index in [1.807, 2.05) is 33.2 Å². The van der Waals surface area contributed by atoms with Gasteiger partial charge >= 0.3 is 5.97 Å². The van der Waals surface area contributed by atoms with Crippen molar-refractivity contribution in [2.75, 3.05) is 33.8 Å². The first kappa shape index (κ1) is 19.2. The van der Waals surface area contributed by atoms with Crippen LogP contribution in [0.15, 0.2) is 24.3 Å². The van der Waals surface area contributed by atoms with Gasteiger partial charge in [0.25, 0.3) is 5.91 Å². The fourth-order valence-corrected chi connectivity index (χ4v) is 3.11. The molecule has 0 unspecified atom stereocenters. The van der Waals surface area contributed by atoms with E-state index in [9.17, 15) is 14.7 Å². The van der Waals surface area contributed by atoms with Crippen molar-refractivity contribution in [1.29, 1.82) is 0 Å². The number of nitrogens with zero attached hydrogens (tertiary/aromatic N) is 2. The Morgan fingerprint density at radius 2 is 1.96 bits per heavy atom. The van der Waals surface area contributed by atoms with Crippen molar-refractivity contribution in [3.8, 4) is 5.75 Å². The molecule has 1 amide bonds.